The van der Waals surface area contributed by atoms with E-state index in [0.717, 1.165) is 31.6 Å². The van der Waals surface area contributed by atoms with Gasteiger partial charge in [0.2, 0.25) is 17.6 Å². The minimum absolute atomic E-state index is 0.115. The summed E-state index contributed by atoms with van der Waals surface area (Å²) in [6.45, 7) is 5.72. The quantitative estimate of drug-likeness (QED) is 0.534. The van der Waals surface area contributed by atoms with Crippen LogP contribution in [-0.2, 0) is 17.6 Å². The molecule has 1 aromatic heterocycles. The summed E-state index contributed by atoms with van der Waals surface area (Å²) in [6, 6.07) is 12.4. The summed E-state index contributed by atoms with van der Waals surface area (Å²) in [5, 5.41) is 4.61. The fourth-order valence-corrected chi connectivity index (χ4v) is 4.00. The number of carbonyl (C=O) groups excluding carboxylic acids is 1. The molecule has 2 aromatic carbocycles. The monoisotopic (exact) mass is 456 g/mol. The predicted molar refractivity (Wildman–Crippen MR) is 121 cm³/mol. The molecule has 1 saturated heterocycles. The number of piperazine rings is 1. The number of carbonyl (C=O) groups is 1. The molecular formula is C24H26ClFN4O2. The Morgan fingerprint density at radius 1 is 1.16 bits per heavy atom. The van der Waals surface area contributed by atoms with Crippen LogP contribution in [0.4, 0.5) is 4.39 Å². The molecule has 1 aliphatic rings. The summed E-state index contributed by atoms with van der Waals surface area (Å²) >= 11 is 6.17. The molecule has 0 saturated carbocycles. The maximum Gasteiger partial charge on any atom is 0.227 e. The van der Waals surface area contributed by atoms with Gasteiger partial charge in [-0.25, -0.2) is 4.39 Å². The van der Waals surface area contributed by atoms with Crippen molar-refractivity contribution in [1.29, 1.82) is 0 Å². The smallest absolute Gasteiger partial charge is 0.227 e. The third-order valence-electron chi connectivity index (χ3n) is 5.79. The van der Waals surface area contributed by atoms with E-state index < -0.39 is 0 Å². The molecule has 4 rings (SSSR count). The van der Waals surface area contributed by atoms with E-state index in [4.69, 9.17) is 16.1 Å². The zero-order valence-corrected chi connectivity index (χ0v) is 18.8. The average molecular weight is 457 g/mol. The Bertz CT molecular complexity index is 1080. The Hall–Kier alpha value is -2.77. The number of hydrogen-bond acceptors (Lipinski definition) is 5. The molecule has 0 atom stereocenters. The van der Waals surface area contributed by atoms with Crippen molar-refractivity contribution in [2.75, 3.05) is 32.7 Å². The molecule has 0 bridgehead atoms. The van der Waals surface area contributed by atoms with Crippen LogP contribution in [-0.4, -0.2) is 58.6 Å². The second kappa shape index (κ2) is 10.2. The van der Waals surface area contributed by atoms with Crippen molar-refractivity contribution in [3.8, 4) is 11.4 Å². The van der Waals surface area contributed by atoms with Crippen molar-refractivity contribution < 1.29 is 13.7 Å². The van der Waals surface area contributed by atoms with Gasteiger partial charge in [0.15, 0.2) is 0 Å². The Balaban J connectivity index is 1.20. The van der Waals surface area contributed by atoms with E-state index in [1.54, 1.807) is 19.1 Å². The van der Waals surface area contributed by atoms with Gasteiger partial charge in [-0.05, 0) is 43.1 Å². The van der Waals surface area contributed by atoms with Crippen LogP contribution in [0.25, 0.3) is 11.4 Å². The normalized spacial score (nSPS) is 14.7. The summed E-state index contributed by atoms with van der Waals surface area (Å²) < 4.78 is 19.1. The number of aryl methyl sites for hydroxylation is 2. The molecule has 0 unspecified atom stereocenters. The highest BCUT2D eigenvalue weighted by Gasteiger charge is 2.21. The van der Waals surface area contributed by atoms with E-state index in [-0.39, 0.29) is 11.7 Å². The van der Waals surface area contributed by atoms with Gasteiger partial charge < -0.3 is 9.42 Å². The first-order valence-electron chi connectivity index (χ1n) is 10.8. The standard InChI is InChI=1S/C24H26ClFN4O2/c1-17-8-9-19(15-21(17)26)24-27-22(32-28-24)7-4-10-29-11-13-30(14-12-29)23(31)16-18-5-2-3-6-20(18)25/h2-3,5-6,8-9,15H,4,7,10-14,16H2,1H3. The zero-order valence-electron chi connectivity index (χ0n) is 18.1. The maximum atomic E-state index is 13.8. The molecule has 0 aliphatic carbocycles. The molecule has 32 heavy (non-hydrogen) atoms. The van der Waals surface area contributed by atoms with Crippen LogP contribution >= 0.6 is 11.6 Å². The molecule has 0 spiro atoms. The first kappa shape index (κ1) is 22.4. The van der Waals surface area contributed by atoms with Gasteiger partial charge in [-0.1, -0.05) is 47.1 Å². The highest BCUT2D eigenvalue weighted by atomic mass is 35.5. The Kier molecular flexibility index (Phi) is 7.17. The van der Waals surface area contributed by atoms with E-state index in [0.29, 0.717) is 53.8 Å². The van der Waals surface area contributed by atoms with E-state index in [1.165, 1.54) is 6.07 Å². The van der Waals surface area contributed by atoms with Gasteiger partial charge in [0.25, 0.3) is 0 Å². The first-order chi connectivity index (χ1) is 15.5. The molecule has 1 amide bonds. The topological polar surface area (TPSA) is 62.5 Å². The molecule has 0 radical (unpaired) electrons. The molecule has 6 nitrogen and oxygen atoms in total. The predicted octanol–water partition coefficient (Wildman–Crippen LogP) is 4.16. The minimum Gasteiger partial charge on any atom is -0.340 e. The number of halogens is 2. The van der Waals surface area contributed by atoms with E-state index in [9.17, 15) is 9.18 Å². The Labute approximate surface area is 192 Å². The van der Waals surface area contributed by atoms with Crippen LogP contribution < -0.4 is 0 Å². The van der Waals surface area contributed by atoms with Crippen LogP contribution in [0.15, 0.2) is 47.0 Å². The van der Waals surface area contributed by atoms with Crippen LogP contribution in [0, 0.1) is 12.7 Å². The minimum atomic E-state index is -0.279. The SMILES string of the molecule is Cc1ccc(-c2noc(CCCN3CCN(C(=O)Cc4ccccc4Cl)CC3)n2)cc1F. The summed E-state index contributed by atoms with van der Waals surface area (Å²) in [7, 11) is 0. The van der Waals surface area contributed by atoms with Crippen molar-refractivity contribution in [2.45, 2.75) is 26.2 Å². The highest BCUT2D eigenvalue weighted by Crippen LogP contribution is 2.20. The number of nitrogens with zero attached hydrogens (tertiary/aromatic N) is 4. The molecule has 8 heteroatoms. The lowest BCUT2D eigenvalue weighted by Crippen LogP contribution is -2.49. The second-order valence-corrected chi connectivity index (χ2v) is 8.48. The lowest BCUT2D eigenvalue weighted by Gasteiger charge is -2.34. The van der Waals surface area contributed by atoms with Gasteiger partial charge >= 0.3 is 0 Å². The van der Waals surface area contributed by atoms with Crippen LogP contribution in [0.2, 0.25) is 5.02 Å². The second-order valence-electron chi connectivity index (χ2n) is 8.07. The van der Waals surface area contributed by atoms with E-state index in [2.05, 4.69) is 15.0 Å². The molecule has 1 aliphatic heterocycles. The maximum absolute atomic E-state index is 13.8. The third kappa shape index (κ3) is 5.53. The van der Waals surface area contributed by atoms with Crippen LogP contribution in [0.1, 0.15) is 23.4 Å². The van der Waals surface area contributed by atoms with Crippen molar-refractivity contribution >= 4 is 17.5 Å². The van der Waals surface area contributed by atoms with Gasteiger partial charge in [-0.3, -0.25) is 9.69 Å². The van der Waals surface area contributed by atoms with Gasteiger partial charge in [-0.2, -0.15) is 4.98 Å². The van der Waals surface area contributed by atoms with E-state index >= 15 is 0 Å². The van der Waals surface area contributed by atoms with Crippen LogP contribution in [0.5, 0.6) is 0 Å². The third-order valence-corrected chi connectivity index (χ3v) is 6.16. The Morgan fingerprint density at radius 3 is 2.69 bits per heavy atom. The van der Waals surface area contributed by atoms with E-state index in [1.807, 2.05) is 29.2 Å². The fraction of sp³-hybridized carbons (Fsp3) is 0.375. The Morgan fingerprint density at radius 2 is 1.94 bits per heavy atom. The molecular weight excluding hydrogens is 431 g/mol. The fourth-order valence-electron chi connectivity index (χ4n) is 3.80. The van der Waals surface area contributed by atoms with Gasteiger partial charge in [0.05, 0.1) is 6.42 Å². The van der Waals surface area contributed by atoms with Gasteiger partial charge in [0, 0.05) is 43.2 Å². The number of aromatic nitrogens is 2. The van der Waals surface area contributed by atoms with Gasteiger partial charge in [-0.15, -0.1) is 0 Å². The van der Waals surface area contributed by atoms with Crippen molar-refractivity contribution in [1.82, 2.24) is 19.9 Å². The molecule has 2 heterocycles. The highest BCUT2D eigenvalue weighted by molar-refractivity contribution is 6.31. The summed E-state index contributed by atoms with van der Waals surface area (Å²) in [5.74, 6) is 0.793. The first-order valence-corrected chi connectivity index (χ1v) is 11.2. The largest absolute Gasteiger partial charge is 0.340 e. The molecule has 1 fully saturated rings. The number of rotatable bonds is 7. The van der Waals surface area contributed by atoms with Crippen LogP contribution in [0.3, 0.4) is 0 Å². The summed E-state index contributed by atoms with van der Waals surface area (Å²) in [4.78, 5) is 21.2. The van der Waals surface area contributed by atoms with Crippen molar-refractivity contribution in [3.05, 3.63) is 70.3 Å². The summed E-state index contributed by atoms with van der Waals surface area (Å²) in [5.41, 5.74) is 2.07. The van der Waals surface area contributed by atoms with Crippen molar-refractivity contribution in [3.63, 3.8) is 0 Å². The number of benzene rings is 2. The lowest BCUT2D eigenvalue weighted by atomic mass is 10.1. The molecule has 0 N–H and O–H groups in total. The van der Waals surface area contributed by atoms with Crippen molar-refractivity contribution in [2.24, 2.45) is 0 Å². The lowest BCUT2D eigenvalue weighted by molar-refractivity contribution is -0.132. The number of amides is 1. The summed E-state index contributed by atoms with van der Waals surface area (Å²) in [6.07, 6.45) is 1.87. The molecule has 168 valence electrons. The number of hydrogen-bond donors (Lipinski definition) is 0. The zero-order chi connectivity index (χ0) is 22.5. The molecule has 3 aromatic rings. The van der Waals surface area contributed by atoms with Gasteiger partial charge in [0.1, 0.15) is 5.82 Å². The average Bonchev–Trinajstić information content (AvgIpc) is 3.26.